The van der Waals surface area contributed by atoms with E-state index in [0.29, 0.717) is 13.0 Å². The first-order chi connectivity index (χ1) is 8.47. The maximum absolute atomic E-state index is 11.3. The monoisotopic (exact) mass is 316 g/mol. The van der Waals surface area contributed by atoms with E-state index in [9.17, 15) is 4.79 Å². The van der Waals surface area contributed by atoms with Crippen LogP contribution in [0.4, 0.5) is 0 Å². The molecular formula is C12H21BrN4O. The number of nitrogens with two attached hydrogens (primary N) is 1. The molecule has 0 saturated carbocycles. The van der Waals surface area contributed by atoms with E-state index in [-0.39, 0.29) is 11.9 Å². The average Bonchev–Trinajstić information content (AvgIpc) is 2.56. The molecule has 0 radical (unpaired) electrons. The zero-order chi connectivity index (χ0) is 13.7. The number of nitrogens with one attached hydrogen (secondary N) is 1. The number of hydrogen-bond acceptors (Lipinski definition) is 3. The first kappa shape index (κ1) is 15.2. The molecule has 1 atom stereocenters. The molecule has 0 aliphatic carbocycles. The van der Waals surface area contributed by atoms with Crippen LogP contribution in [0.3, 0.4) is 0 Å². The van der Waals surface area contributed by atoms with Gasteiger partial charge in [0.15, 0.2) is 0 Å². The van der Waals surface area contributed by atoms with Crippen LogP contribution in [0.25, 0.3) is 0 Å². The Morgan fingerprint density at radius 2 is 2.22 bits per heavy atom. The molecule has 0 saturated heterocycles. The van der Waals surface area contributed by atoms with Crippen LogP contribution in [-0.4, -0.2) is 28.3 Å². The summed E-state index contributed by atoms with van der Waals surface area (Å²) in [4.78, 5) is 11.3. The molecule has 5 nitrogen and oxygen atoms in total. The normalized spacial score (nSPS) is 12.7. The van der Waals surface area contributed by atoms with Gasteiger partial charge in [-0.15, -0.1) is 0 Å². The van der Waals surface area contributed by atoms with Crippen molar-refractivity contribution in [3.05, 3.63) is 15.9 Å². The van der Waals surface area contributed by atoms with Crippen LogP contribution < -0.4 is 11.1 Å². The minimum atomic E-state index is -0.302. The molecule has 0 bridgehead atoms. The molecule has 0 aromatic carbocycles. The first-order valence-electron chi connectivity index (χ1n) is 6.19. The van der Waals surface area contributed by atoms with Crippen molar-refractivity contribution in [2.75, 3.05) is 6.54 Å². The number of aromatic nitrogens is 2. The third-order valence-corrected chi connectivity index (χ3v) is 4.05. The first-order valence-corrected chi connectivity index (χ1v) is 6.98. The van der Waals surface area contributed by atoms with Gasteiger partial charge in [0.1, 0.15) is 0 Å². The van der Waals surface area contributed by atoms with Gasteiger partial charge in [0.05, 0.1) is 16.2 Å². The zero-order valence-corrected chi connectivity index (χ0v) is 12.7. The minimum absolute atomic E-state index is 0.285. The highest BCUT2D eigenvalue weighted by Gasteiger charge is 2.15. The van der Waals surface area contributed by atoms with Crippen LogP contribution in [0.1, 0.15) is 31.2 Å². The maximum Gasteiger partial charge on any atom is 0.234 e. The number of hydrogen-bond donors (Lipinski definition) is 2. The van der Waals surface area contributed by atoms with Gasteiger partial charge in [-0.1, -0.05) is 6.92 Å². The van der Waals surface area contributed by atoms with E-state index >= 15 is 0 Å². The van der Waals surface area contributed by atoms with Crippen molar-refractivity contribution in [3.8, 4) is 0 Å². The maximum atomic E-state index is 11.3. The number of halogens is 1. The molecule has 1 rings (SSSR count). The molecule has 1 heterocycles. The fraction of sp³-hybridized carbons (Fsp3) is 0.667. The van der Waals surface area contributed by atoms with Crippen molar-refractivity contribution in [2.45, 2.75) is 46.2 Å². The van der Waals surface area contributed by atoms with Crippen LogP contribution in [0.15, 0.2) is 4.47 Å². The van der Waals surface area contributed by atoms with Crippen molar-refractivity contribution >= 4 is 21.8 Å². The predicted molar refractivity (Wildman–Crippen MR) is 75.3 cm³/mol. The molecule has 18 heavy (non-hydrogen) atoms. The molecule has 1 unspecified atom stereocenters. The molecule has 0 fully saturated rings. The van der Waals surface area contributed by atoms with Crippen LogP contribution in [0, 0.1) is 13.8 Å². The minimum Gasteiger partial charge on any atom is -0.368 e. The summed E-state index contributed by atoms with van der Waals surface area (Å²) < 4.78 is 2.93. The lowest BCUT2D eigenvalue weighted by Crippen LogP contribution is -2.42. The van der Waals surface area contributed by atoms with Crippen LogP contribution in [0.5, 0.6) is 0 Å². The highest BCUT2D eigenvalue weighted by atomic mass is 79.9. The van der Waals surface area contributed by atoms with E-state index in [0.717, 1.165) is 28.8 Å². The van der Waals surface area contributed by atoms with Gasteiger partial charge in [-0.3, -0.25) is 9.48 Å². The Morgan fingerprint density at radius 1 is 1.56 bits per heavy atom. The van der Waals surface area contributed by atoms with Crippen molar-refractivity contribution < 1.29 is 4.79 Å². The lowest BCUT2D eigenvalue weighted by molar-refractivity contribution is -0.120. The van der Waals surface area contributed by atoms with E-state index in [1.54, 1.807) is 0 Å². The van der Waals surface area contributed by atoms with Gasteiger partial charge in [-0.05, 0) is 49.2 Å². The van der Waals surface area contributed by atoms with Gasteiger partial charge < -0.3 is 11.1 Å². The summed E-state index contributed by atoms with van der Waals surface area (Å²) in [7, 11) is 0. The lowest BCUT2D eigenvalue weighted by Gasteiger charge is -2.15. The lowest BCUT2D eigenvalue weighted by atomic mass is 10.2. The number of carbonyl (C=O) groups excluding carboxylic acids is 1. The van der Waals surface area contributed by atoms with Gasteiger partial charge in [0, 0.05) is 12.2 Å². The largest absolute Gasteiger partial charge is 0.368 e. The van der Waals surface area contributed by atoms with Gasteiger partial charge in [-0.2, -0.15) is 5.10 Å². The SMILES string of the molecule is CCCNC(CCn1nc(C)c(Br)c1C)C(N)=O. The second-order valence-electron chi connectivity index (χ2n) is 4.41. The highest BCUT2D eigenvalue weighted by molar-refractivity contribution is 9.10. The molecule has 3 N–H and O–H groups in total. The van der Waals surface area contributed by atoms with Gasteiger partial charge in [0.25, 0.3) is 0 Å². The number of carbonyl (C=O) groups is 1. The molecule has 1 amide bonds. The Balaban J connectivity index is 2.61. The summed E-state index contributed by atoms with van der Waals surface area (Å²) in [6, 6.07) is -0.285. The third kappa shape index (κ3) is 3.81. The summed E-state index contributed by atoms with van der Waals surface area (Å²) in [5, 5.41) is 7.56. The quantitative estimate of drug-likeness (QED) is 0.800. The number of nitrogens with zero attached hydrogens (tertiary/aromatic N) is 2. The van der Waals surface area contributed by atoms with Crippen molar-refractivity contribution in [3.63, 3.8) is 0 Å². The Hall–Kier alpha value is -0.880. The fourth-order valence-corrected chi connectivity index (χ4v) is 2.09. The smallest absolute Gasteiger partial charge is 0.234 e. The summed E-state index contributed by atoms with van der Waals surface area (Å²) in [6.45, 7) is 7.50. The number of rotatable bonds is 7. The second kappa shape index (κ2) is 6.89. The molecule has 102 valence electrons. The number of primary amides is 1. The molecular weight excluding hydrogens is 296 g/mol. The Kier molecular flexibility index (Phi) is 5.81. The highest BCUT2D eigenvalue weighted by Crippen LogP contribution is 2.19. The molecule has 1 aromatic heterocycles. The zero-order valence-electron chi connectivity index (χ0n) is 11.2. The summed E-state index contributed by atoms with van der Waals surface area (Å²) in [5.74, 6) is -0.302. The standard InChI is InChI=1S/C12H21BrN4O/c1-4-6-15-10(12(14)18)5-7-17-9(3)11(13)8(2)16-17/h10,15H,4-7H2,1-3H3,(H2,14,18). The Bertz CT molecular complexity index is 416. The predicted octanol–water partition coefficient (Wildman–Crippen LogP) is 1.51. The van der Waals surface area contributed by atoms with Crippen molar-refractivity contribution in [2.24, 2.45) is 5.73 Å². The second-order valence-corrected chi connectivity index (χ2v) is 5.20. The van der Waals surface area contributed by atoms with E-state index in [2.05, 4.69) is 33.3 Å². The summed E-state index contributed by atoms with van der Waals surface area (Å²) in [5.41, 5.74) is 7.41. The van der Waals surface area contributed by atoms with E-state index in [1.165, 1.54) is 0 Å². The third-order valence-electron chi connectivity index (χ3n) is 2.91. The number of amides is 1. The van der Waals surface area contributed by atoms with Crippen LogP contribution >= 0.6 is 15.9 Å². The fourth-order valence-electron chi connectivity index (χ4n) is 1.81. The van der Waals surface area contributed by atoms with Gasteiger partial charge in [-0.25, -0.2) is 0 Å². The van der Waals surface area contributed by atoms with Crippen molar-refractivity contribution in [1.82, 2.24) is 15.1 Å². The van der Waals surface area contributed by atoms with E-state index < -0.39 is 0 Å². The van der Waals surface area contributed by atoms with E-state index in [1.807, 2.05) is 18.5 Å². The molecule has 0 aliphatic rings. The summed E-state index contributed by atoms with van der Waals surface area (Å²) in [6.07, 6.45) is 1.64. The average molecular weight is 317 g/mol. The molecule has 0 spiro atoms. The number of aryl methyl sites for hydroxylation is 2. The van der Waals surface area contributed by atoms with Crippen LogP contribution in [0.2, 0.25) is 0 Å². The van der Waals surface area contributed by atoms with Crippen molar-refractivity contribution in [1.29, 1.82) is 0 Å². The topological polar surface area (TPSA) is 72.9 Å². The van der Waals surface area contributed by atoms with Gasteiger partial charge in [0.2, 0.25) is 5.91 Å². The van der Waals surface area contributed by atoms with E-state index in [4.69, 9.17) is 5.73 Å². The Labute approximate surface area is 116 Å². The summed E-state index contributed by atoms with van der Waals surface area (Å²) >= 11 is 3.49. The molecule has 1 aromatic rings. The van der Waals surface area contributed by atoms with Gasteiger partial charge >= 0.3 is 0 Å². The molecule has 6 heteroatoms. The Morgan fingerprint density at radius 3 is 2.67 bits per heavy atom. The molecule has 0 aliphatic heterocycles. The van der Waals surface area contributed by atoms with Crippen LogP contribution in [-0.2, 0) is 11.3 Å².